The van der Waals surface area contributed by atoms with Crippen molar-refractivity contribution in [2.75, 3.05) is 11.4 Å². The smallest absolute Gasteiger partial charge is 0.308 e. The predicted octanol–water partition coefficient (Wildman–Crippen LogP) is 5.44. The molecule has 2 aromatic carbocycles. The third-order valence-electron chi connectivity index (χ3n) is 5.50. The topological polar surface area (TPSA) is 57.7 Å². The van der Waals surface area contributed by atoms with Gasteiger partial charge in [0.2, 0.25) is 0 Å². The first-order valence-electron chi connectivity index (χ1n) is 9.80. The highest BCUT2D eigenvalue weighted by Gasteiger charge is 2.43. The number of ketones is 1. The summed E-state index contributed by atoms with van der Waals surface area (Å²) in [5.41, 5.74) is 3.51. The number of rotatable bonds is 5. The van der Waals surface area contributed by atoms with Crippen molar-refractivity contribution in [1.82, 2.24) is 4.90 Å². The van der Waals surface area contributed by atoms with Crippen LogP contribution in [0.4, 0.5) is 10.5 Å². The van der Waals surface area contributed by atoms with E-state index in [2.05, 4.69) is 0 Å². The summed E-state index contributed by atoms with van der Waals surface area (Å²) in [6.07, 6.45) is 5.44. The molecule has 0 aromatic heterocycles. The molecule has 0 bridgehead atoms. The van der Waals surface area contributed by atoms with E-state index >= 15 is 0 Å². The minimum absolute atomic E-state index is 0.0136. The first kappa shape index (κ1) is 20.6. The minimum atomic E-state index is -0.367. The van der Waals surface area contributed by atoms with E-state index in [4.69, 9.17) is 23.2 Å². The normalized spacial score (nSPS) is 18.6. The van der Waals surface area contributed by atoms with Crippen molar-refractivity contribution in [3.8, 4) is 0 Å². The molecule has 2 aromatic rings. The molecule has 1 atom stereocenters. The zero-order valence-corrected chi connectivity index (χ0v) is 17.9. The van der Waals surface area contributed by atoms with Crippen molar-refractivity contribution < 1.29 is 14.4 Å². The van der Waals surface area contributed by atoms with E-state index in [9.17, 15) is 14.4 Å². The lowest BCUT2D eigenvalue weighted by Crippen LogP contribution is -2.34. The maximum absolute atomic E-state index is 13.1. The molecule has 1 saturated heterocycles. The second-order valence-electron chi connectivity index (χ2n) is 7.43. The first-order valence-corrected chi connectivity index (χ1v) is 10.6. The molecule has 1 aliphatic heterocycles. The van der Waals surface area contributed by atoms with Gasteiger partial charge in [-0.2, -0.15) is 0 Å². The second kappa shape index (κ2) is 8.25. The Labute approximate surface area is 184 Å². The summed E-state index contributed by atoms with van der Waals surface area (Å²) in [7, 11) is 0. The molecule has 1 aliphatic carbocycles. The monoisotopic (exact) mass is 442 g/mol. The van der Waals surface area contributed by atoms with Crippen molar-refractivity contribution >= 4 is 52.7 Å². The number of urea groups is 1. The van der Waals surface area contributed by atoms with Crippen molar-refractivity contribution in [3.05, 3.63) is 69.2 Å². The molecule has 5 nitrogen and oxygen atoms in total. The number of carbonyl (C=O) groups excluding carboxylic acids is 3. The number of halogens is 2. The Morgan fingerprint density at radius 2 is 1.87 bits per heavy atom. The number of amides is 3. The molecule has 2 aliphatic rings. The van der Waals surface area contributed by atoms with Crippen LogP contribution in [0, 0.1) is 0 Å². The summed E-state index contributed by atoms with van der Waals surface area (Å²) >= 11 is 12.1. The number of nitrogens with zero attached hydrogens (tertiary/aromatic N) is 2. The van der Waals surface area contributed by atoms with E-state index in [0.29, 0.717) is 22.2 Å². The quantitative estimate of drug-likeness (QED) is 0.457. The maximum atomic E-state index is 13.1. The lowest BCUT2D eigenvalue weighted by molar-refractivity contribution is -0.117. The molecule has 0 spiro atoms. The Balaban J connectivity index is 1.58. The van der Waals surface area contributed by atoms with Crippen LogP contribution in [0.3, 0.4) is 0 Å². The minimum Gasteiger partial charge on any atom is -0.308 e. The zero-order valence-electron chi connectivity index (χ0n) is 16.4. The molecule has 1 fully saturated rings. The molecule has 154 valence electrons. The van der Waals surface area contributed by atoms with Crippen LogP contribution in [-0.2, 0) is 16.0 Å². The molecule has 30 heavy (non-hydrogen) atoms. The van der Waals surface area contributed by atoms with Crippen LogP contribution in [0.2, 0.25) is 10.0 Å². The number of anilines is 1. The van der Waals surface area contributed by atoms with E-state index in [1.165, 1.54) is 0 Å². The average Bonchev–Trinajstić information content (AvgIpc) is 3.24. The summed E-state index contributed by atoms with van der Waals surface area (Å²) in [6.45, 7) is 1.84. The molecular formula is C23H20Cl2N2O3. The van der Waals surface area contributed by atoms with Gasteiger partial charge in [-0.05, 0) is 53.8 Å². The van der Waals surface area contributed by atoms with Crippen LogP contribution in [0.5, 0.6) is 0 Å². The third-order valence-corrected chi connectivity index (χ3v) is 5.93. The number of imide groups is 1. The van der Waals surface area contributed by atoms with Gasteiger partial charge in [-0.1, -0.05) is 54.4 Å². The van der Waals surface area contributed by atoms with E-state index in [-0.39, 0.29) is 30.3 Å². The van der Waals surface area contributed by atoms with Gasteiger partial charge in [0.15, 0.2) is 5.78 Å². The summed E-state index contributed by atoms with van der Waals surface area (Å²) in [4.78, 5) is 40.0. The third kappa shape index (κ3) is 3.87. The van der Waals surface area contributed by atoms with E-state index in [0.717, 1.165) is 34.4 Å². The largest absolute Gasteiger partial charge is 0.332 e. The van der Waals surface area contributed by atoms with Gasteiger partial charge in [-0.3, -0.25) is 9.59 Å². The Hall–Kier alpha value is -2.63. The van der Waals surface area contributed by atoms with Gasteiger partial charge in [0, 0.05) is 16.5 Å². The van der Waals surface area contributed by atoms with Crippen LogP contribution in [0.1, 0.15) is 42.5 Å². The van der Waals surface area contributed by atoms with Gasteiger partial charge < -0.3 is 4.90 Å². The first-order chi connectivity index (χ1) is 14.4. The van der Waals surface area contributed by atoms with Gasteiger partial charge in [0.1, 0.15) is 6.54 Å². The fourth-order valence-corrected chi connectivity index (χ4v) is 4.55. The number of carbonyl (C=O) groups is 3. The van der Waals surface area contributed by atoms with Crippen LogP contribution >= 0.6 is 23.2 Å². The van der Waals surface area contributed by atoms with Crippen molar-refractivity contribution in [3.63, 3.8) is 0 Å². The molecule has 7 heteroatoms. The number of aryl methyl sites for hydroxylation is 1. The van der Waals surface area contributed by atoms with Crippen molar-refractivity contribution in [2.45, 2.75) is 32.2 Å². The number of allylic oxidation sites excluding steroid dienone is 1. The predicted molar refractivity (Wildman–Crippen MR) is 118 cm³/mol. The fraction of sp³-hybridized carbons (Fsp3) is 0.261. The standard InChI is InChI=1S/C23H20Cl2N2O3/c1-2-19(28)6-3-14-4-7-20-15(9-14)5-8-21(20)26-13-22(29)27(23(26)30)18-11-16(24)10-17(25)12-18/h3-4,6-7,9-12,21H,2,5,8,13H2,1H3/b6-3+. The van der Waals surface area contributed by atoms with Crippen LogP contribution in [0.25, 0.3) is 6.08 Å². The van der Waals surface area contributed by atoms with Gasteiger partial charge >= 0.3 is 6.03 Å². The number of benzene rings is 2. The van der Waals surface area contributed by atoms with E-state index in [1.807, 2.05) is 31.2 Å². The summed E-state index contributed by atoms with van der Waals surface area (Å²) in [5.74, 6) is -0.222. The highest BCUT2D eigenvalue weighted by molar-refractivity contribution is 6.35. The Kier molecular flexibility index (Phi) is 5.67. The van der Waals surface area contributed by atoms with Crippen LogP contribution in [-0.4, -0.2) is 29.2 Å². The van der Waals surface area contributed by atoms with Gasteiger partial charge in [-0.25, -0.2) is 9.69 Å². The van der Waals surface area contributed by atoms with E-state index < -0.39 is 0 Å². The summed E-state index contributed by atoms with van der Waals surface area (Å²) < 4.78 is 0. The SMILES string of the molecule is CCC(=O)/C=C/c1ccc2c(c1)CCC2N1CC(=O)N(c2cc(Cl)cc(Cl)c2)C1=O. The highest BCUT2D eigenvalue weighted by atomic mass is 35.5. The lowest BCUT2D eigenvalue weighted by Gasteiger charge is -2.24. The summed E-state index contributed by atoms with van der Waals surface area (Å²) in [6, 6.07) is 10.1. The molecule has 1 unspecified atom stereocenters. The second-order valence-corrected chi connectivity index (χ2v) is 8.31. The maximum Gasteiger partial charge on any atom is 0.332 e. The average molecular weight is 443 g/mol. The van der Waals surface area contributed by atoms with Gasteiger partial charge in [0.25, 0.3) is 5.91 Å². The van der Waals surface area contributed by atoms with Gasteiger partial charge in [-0.15, -0.1) is 0 Å². The molecule has 0 saturated carbocycles. The zero-order chi connectivity index (χ0) is 21.4. The van der Waals surface area contributed by atoms with Crippen LogP contribution in [0.15, 0.2) is 42.5 Å². The molecular weight excluding hydrogens is 423 g/mol. The fourth-order valence-electron chi connectivity index (χ4n) is 4.03. The molecule has 0 radical (unpaired) electrons. The molecule has 0 N–H and O–H groups in total. The number of hydrogen-bond acceptors (Lipinski definition) is 3. The Morgan fingerprint density at radius 3 is 2.57 bits per heavy atom. The van der Waals surface area contributed by atoms with Crippen molar-refractivity contribution in [2.24, 2.45) is 0 Å². The van der Waals surface area contributed by atoms with E-state index in [1.54, 1.807) is 29.2 Å². The highest BCUT2D eigenvalue weighted by Crippen LogP contribution is 2.39. The lowest BCUT2D eigenvalue weighted by atomic mass is 10.0. The van der Waals surface area contributed by atoms with Gasteiger partial charge in [0.05, 0.1) is 11.7 Å². The Bertz CT molecular complexity index is 1060. The molecule has 4 rings (SSSR count). The number of hydrogen-bond donors (Lipinski definition) is 0. The van der Waals surface area contributed by atoms with Crippen LogP contribution < -0.4 is 4.90 Å². The summed E-state index contributed by atoms with van der Waals surface area (Å²) in [5, 5.41) is 0.731. The van der Waals surface area contributed by atoms with Crippen molar-refractivity contribution in [1.29, 1.82) is 0 Å². The molecule has 1 heterocycles. The molecule has 3 amide bonds. The Morgan fingerprint density at radius 1 is 1.13 bits per heavy atom. The number of fused-ring (bicyclic) bond motifs is 1.